The number of benzene rings is 1. The summed E-state index contributed by atoms with van der Waals surface area (Å²) in [5.74, 6) is 0.868. The molecule has 2 aromatic rings. The molecule has 4 nitrogen and oxygen atoms in total. The van der Waals surface area contributed by atoms with Gasteiger partial charge in [0.15, 0.2) is 0 Å². The third kappa shape index (κ3) is 3.85. The monoisotopic (exact) mass is 287 g/mol. The number of aromatic nitrogens is 2. The van der Waals surface area contributed by atoms with Gasteiger partial charge < -0.3 is 10.1 Å². The van der Waals surface area contributed by atoms with Crippen LogP contribution in [0.25, 0.3) is 5.69 Å². The van der Waals surface area contributed by atoms with E-state index in [9.17, 15) is 0 Å². The Morgan fingerprint density at radius 2 is 1.90 bits per heavy atom. The zero-order valence-electron chi connectivity index (χ0n) is 13.2. The van der Waals surface area contributed by atoms with Crippen molar-refractivity contribution in [3.05, 3.63) is 41.7 Å². The lowest BCUT2D eigenvalue weighted by atomic mass is 10.1. The van der Waals surface area contributed by atoms with Crippen molar-refractivity contribution >= 4 is 0 Å². The minimum atomic E-state index is 0.868. The highest BCUT2D eigenvalue weighted by Crippen LogP contribution is 2.19. The van der Waals surface area contributed by atoms with E-state index in [1.165, 1.54) is 11.3 Å². The summed E-state index contributed by atoms with van der Waals surface area (Å²) < 4.78 is 7.26. The SMILES string of the molecule is CCCNCc1cnn(-c2ccc(OC)cc2)c1CCC. The molecule has 0 aliphatic heterocycles. The summed E-state index contributed by atoms with van der Waals surface area (Å²) in [7, 11) is 1.68. The second-order valence-corrected chi connectivity index (χ2v) is 5.15. The van der Waals surface area contributed by atoms with Crippen molar-refractivity contribution in [2.75, 3.05) is 13.7 Å². The van der Waals surface area contributed by atoms with Crippen LogP contribution in [0.5, 0.6) is 5.75 Å². The fourth-order valence-corrected chi connectivity index (χ4v) is 2.40. The number of nitrogens with one attached hydrogen (secondary N) is 1. The molecule has 2 rings (SSSR count). The summed E-state index contributed by atoms with van der Waals surface area (Å²) in [5, 5.41) is 8.03. The largest absolute Gasteiger partial charge is 0.497 e. The van der Waals surface area contributed by atoms with E-state index < -0.39 is 0 Å². The van der Waals surface area contributed by atoms with Crippen molar-refractivity contribution in [3.8, 4) is 11.4 Å². The Bertz CT molecular complexity index is 546. The number of hydrogen-bond donors (Lipinski definition) is 1. The highest BCUT2D eigenvalue weighted by molar-refractivity contribution is 5.39. The average molecular weight is 287 g/mol. The summed E-state index contributed by atoms with van der Waals surface area (Å²) in [6, 6.07) is 8.05. The summed E-state index contributed by atoms with van der Waals surface area (Å²) in [6.07, 6.45) is 5.28. The highest BCUT2D eigenvalue weighted by Gasteiger charge is 2.11. The number of hydrogen-bond acceptors (Lipinski definition) is 3. The van der Waals surface area contributed by atoms with Crippen molar-refractivity contribution in [2.24, 2.45) is 0 Å². The van der Waals surface area contributed by atoms with Crippen molar-refractivity contribution in [2.45, 2.75) is 39.7 Å². The second kappa shape index (κ2) is 7.84. The molecule has 4 heteroatoms. The minimum absolute atomic E-state index is 0.868. The van der Waals surface area contributed by atoms with Gasteiger partial charge in [0.2, 0.25) is 0 Å². The molecule has 1 aromatic heterocycles. The fraction of sp³-hybridized carbons (Fsp3) is 0.471. The average Bonchev–Trinajstić information content (AvgIpc) is 2.91. The van der Waals surface area contributed by atoms with Crippen LogP contribution in [0.2, 0.25) is 0 Å². The van der Waals surface area contributed by atoms with Gasteiger partial charge >= 0.3 is 0 Å². The van der Waals surface area contributed by atoms with E-state index in [0.717, 1.165) is 43.8 Å². The van der Waals surface area contributed by atoms with E-state index in [1.54, 1.807) is 7.11 Å². The molecule has 1 heterocycles. The molecule has 0 unspecified atom stereocenters. The number of rotatable bonds is 8. The van der Waals surface area contributed by atoms with Gasteiger partial charge in [0.25, 0.3) is 0 Å². The van der Waals surface area contributed by atoms with Gasteiger partial charge in [0.1, 0.15) is 5.75 Å². The normalized spacial score (nSPS) is 10.8. The van der Waals surface area contributed by atoms with E-state index in [4.69, 9.17) is 4.74 Å². The molecule has 1 aromatic carbocycles. The molecule has 0 amide bonds. The zero-order valence-corrected chi connectivity index (χ0v) is 13.2. The summed E-state index contributed by atoms with van der Waals surface area (Å²) in [5.41, 5.74) is 3.67. The number of ether oxygens (including phenoxy) is 1. The van der Waals surface area contributed by atoms with E-state index in [0.29, 0.717) is 0 Å². The maximum absolute atomic E-state index is 5.21. The lowest BCUT2D eigenvalue weighted by Gasteiger charge is -2.10. The van der Waals surface area contributed by atoms with Gasteiger partial charge in [-0.15, -0.1) is 0 Å². The van der Waals surface area contributed by atoms with Crippen molar-refractivity contribution in [1.82, 2.24) is 15.1 Å². The predicted octanol–water partition coefficient (Wildman–Crippen LogP) is 3.33. The lowest BCUT2D eigenvalue weighted by molar-refractivity contribution is 0.414. The molecule has 0 saturated carbocycles. The molecule has 0 atom stereocenters. The van der Waals surface area contributed by atoms with Gasteiger partial charge in [-0.3, -0.25) is 0 Å². The number of nitrogens with zero attached hydrogens (tertiary/aromatic N) is 2. The first-order chi connectivity index (χ1) is 10.3. The molecule has 0 aliphatic rings. The predicted molar refractivity (Wildman–Crippen MR) is 86.1 cm³/mol. The molecule has 0 fully saturated rings. The third-order valence-corrected chi connectivity index (χ3v) is 3.50. The van der Waals surface area contributed by atoms with Crippen LogP contribution in [0, 0.1) is 0 Å². The van der Waals surface area contributed by atoms with Crippen LogP contribution in [0.4, 0.5) is 0 Å². The summed E-state index contributed by atoms with van der Waals surface area (Å²) in [6.45, 7) is 6.31. The molecule has 1 N–H and O–H groups in total. The third-order valence-electron chi connectivity index (χ3n) is 3.50. The van der Waals surface area contributed by atoms with Crippen molar-refractivity contribution in [3.63, 3.8) is 0 Å². The smallest absolute Gasteiger partial charge is 0.119 e. The van der Waals surface area contributed by atoms with Crippen LogP contribution < -0.4 is 10.1 Å². The van der Waals surface area contributed by atoms with Crippen molar-refractivity contribution < 1.29 is 4.74 Å². The van der Waals surface area contributed by atoms with Gasteiger partial charge in [-0.1, -0.05) is 20.3 Å². The molecule has 21 heavy (non-hydrogen) atoms. The topological polar surface area (TPSA) is 39.1 Å². The van der Waals surface area contributed by atoms with Crippen molar-refractivity contribution in [1.29, 1.82) is 0 Å². The van der Waals surface area contributed by atoms with Crippen LogP contribution in [0.1, 0.15) is 37.9 Å². The maximum Gasteiger partial charge on any atom is 0.119 e. The van der Waals surface area contributed by atoms with Crippen LogP contribution >= 0.6 is 0 Å². The Kier molecular flexibility index (Phi) is 5.81. The Morgan fingerprint density at radius 1 is 1.14 bits per heavy atom. The molecule has 0 radical (unpaired) electrons. The van der Waals surface area contributed by atoms with Crippen LogP contribution in [-0.4, -0.2) is 23.4 Å². The van der Waals surface area contributed by atoms with Gasteiger partial charge in [-0.2, -0.15) is 5.10 Å². The molecule has 0 aliphatic carbocycles. The molecular formula is C17H25N3O. The number of methoxy groups -OCH3 is 1. The van der Waals surface area contributed by atoms with Gasteiger partial charge in [-0.05, 0) is 43.7 Å². The van der Waals surface area contributed by atoms with E-state index in [-0.39, 0.29) is 0 Å². The van der Waals surface area contributed by atoms with Crippen LogP contribution in [0.3, 0.4) is 0 Å². The van der Waals surface area contributed by atoms with E-state index in [2.05, 4.69) is 24.3 Å². The zero-order chi connectivity index (χ0) is 15.1. The molecule has 0 spiro atoms. The molecular weight excluding hydrogens is 262 g/mol. The molecule has 114 valence electrons. The van der Waals surface area contributed by atoms with Gasteiger partial charge in [-0.25, -0.2) is 4.68 Å². The van der Waals surface area contributed by atoms with Gasteiger partial charge in [0, 0.05) is 17.8 Å². The van der Waals surface area contributed by atoms with E-state index in [1.807, 2.05) is 35.1 Å². The second-order valence-electron chi connectivity index (χ2n) is 5.15. The first kappa shape index (κ1) is 15.6. The Hall–Kier alpha value is -1.81. The first-order valence-corrected chi connectivity index (χ1v) is 7.71. The molecule has 0 saturated heterocycles. The molecule has 0 bridgehead atoms. The highest BCUT2D eigenvalue weighted by atomic mass is 16.5. The van der Waals surface area contributed by atoms with E-state index >= 15 is 0 Å². The Labute approximate surface area is 127 Å². The Balaban J connectivity index is 2.24. The first-order valence-electron chi connectivity index (χ1n) is 7.71. The van der Waals surface area contributed by atoms with Crippen LogP contribution in [0.15, 0.2) is 30.5 Å². The lowest BCUT2D eigenvalue weighted by Crippen LogP contribution is -2.15. The quantitative estimate of drug-likeness (QED) is 0.757. The summed E-state index contributed by atoms with van der Waals surface area (Å²) >= 11 is 0. The van der Waals surface area contributed by atoms with Crippen LogP contribution in [-0.2, 0) is 13.0 Å². The summed E-state index contributed by atoms with van der Waals surface area (Å²) in [4.78, 5) is 0. The fourth-order valence-electron chi connectivity index (χ4n) is 2.40. The Morgan fingerprint density at radius 3 is 2.52 bits per heavy atom. The van der Waals surface area contributed by atoms with Gasteiger partial charge in [0.05, 0.1) is 19.0 Å². The maximum atomic E-state index is 5.21. The standard InChI is InChI=1S/C17H25N3O/c1-4-6-17-14(12-18-11-5-2)13-19-20(17)15-7-9-16(21-3)10-8-15/h7-10,13,18H,4-6,11-12H2,1-3H3. The minimum Gasteiger partial charge on any atom is -0.497 e.